The molecule has 0 spiro atoms. The first-order chi connectivity index (χ1) is 8.76. The van der Waals surface area contributed by atoms with E-state index < -0.39 is 0 Å². The Kier molecular flexibility index (Phi) is 4.10. The fourth-order valence-electron chi connectivity index (χ4n) is 1.89. The van der Waals surface area contributed by atoms with Crippen molar-refractivity contribution in [2.75, 3.05) is 0 Å². The molecular formula is C14H17N3S. The number of hydrogen-bond donors (Lipinski definition) is 0. The summed E-state index contributed by atoms with van der Waals surface area (Å²) in [7, 11) is 0. The summed E-state index contributed by atoms with van der Waals surface area (Å²) in [5, 5.41) is 0.634. The quantitative estimate of drug-likeness (QED) is 0.357. The smallest absolute Gasteiger partial charge is 0.280 e. The summed E-state index contributed by atoms with van der Waals surface area (Å²) in [5.74, 6) is 0.999. The first-order valence-corrected chi connectivity index (χ1v) is 6.56. The van der Waals surface area contributed by atoms with E-state index in [9.17, 15) is 0 Å². The average molecular weight is 259 g/mol. The Balaban J connectivity index is 2.42. The molecule has 1 aromatic carbocycles. The number of rotatable bonds is 4. The van der Waals surface area contributed by atoms with E-state index in [-0.39, 0.29) is 0 Å². The van der Waals surface area contributed by atoms with Crippen LogP contribution in [-0.2, 0) is 25.7 Å². The van der Waals surface area contributed by atoms with Crippen molar-refractivity contribution in [3.05, 3.63) is 48.5 Å². The van der Waals surface area contributed by atoms with Gasteiger partial charge in [0.15, 0.2) is 0 Å². The van der Waals surface area contributed by atoms with E-state index in [0.29, 0.717) is 5.04 Å². The van der Waals surface area contributed by atoms with Crippen LogP contribution in [0.4, 0.5) is 5.69 Å². The van der Waals surface area contributed by atoms with E-state index in [1.807, 2.05) is 42.7 Å². The van der Waals surface area contributed by atoms with Gasteiger partial charge in [-0.15, -0.1) is 0 Å². The van der Waals surface area contributed by atoms with E-state index in [4.69, 9.17) is 12.6 Å². The second-order valence-electron chi connectivity index (χ2n) is 3.95. The molecule has 0 amide bonds. The lowest BCUT2D eigenvalue weighted by atomic mass is 10.3. The molecule has 0 saturated heterocycles. The molecule has 4 heteroatoms. The molecule has 2 aromatic rings. The highest BCUT2D eigenvalue weighted by molar-refractivity contribution is 7.78. The van der Waals surface area contributed by atoms with E-state index in [2.05, 4.69) is 28.0 Å². The van der Waals surface area contributed by atoms with Crippen molar-refractivity contribution in [2.45, 2.75) is 26.9 Å². The van der Waals surface area contributed by atoms with Gasteiger partial charge in [-0.2, -0.15) is 0 Å². The summed E-state index contributed by atoms with van der Waals surface area (Å²) < 4.78 is 4.25. The fourth-order valence-corrected chi connectivity index (χ4v) is 2.23. The Labute approximate surface area is 113 Å². The van der Waals surface area contributed by atoms with Gasteiger partial charge in [0.2, 0.25) is 0 Å². The molecule has 0 radical (unpaired) electrons. The monoisotopic (exact) mass is 259 g/mol. The van der Waals surface area contributed by atoms with Crippen LogP contribution in [-0.4, -0.2) is 9.61 Å². The van der Waals surface area contributed by atoms with Crippen molar-refractivity contribution >= 4 is 23.4 Å². The van der Waals surface area contributed by atoms with Crippen LogP contribution in [0.1, 0.15) is 19.7 Å². The van der Waals surface area contributed by atoms with E-state index in [0.717, 1.165) is 24.6 Å². The maximum atomic E-state index is 5.46. The van der Waals surface area contributed by atoms with Gasteiger partial charge in [-0.25, -0.2) is 9.13 Å². The summed E-state index contributed by atoms with van der Waals surface area (Å²) in [6.45, 7) is 6.00. The third-order valence-corrected chi connectivity index (χ3v) is 3.10. The number of hydrogen-bond acceptors (Lipinski definition) is 2. The molecule has 18 heavy (non-hydrogen) atoms. The molecule has 0 aliphatic rings. The highest BCUT2D eigenvalue weighted by Crippen LogP contribution is 2.11. The van der Waals surface area contributed by atoms with Gasteiger partial charge in [-0.1, -0.05) is 18.2 Å². The summed E-state index contributed by atoms with van der Waals surface area (Å²) in [6.07, 6.45) is 4.09. The van der Waals surface area contributed by atoms with Crippen molar-refractivity contribution < 1.29 is 4.57 Å². The summed E-state index contributed by atoms with van der Waals surface area (Å²) in [6, 6.07) is 9.83. The molecular weight excluding hydrogens is 242 g/mol. The van der Waals surface area contributed by atoms with Crippen LogP contribution < -0.4 is 4.57 Å². The largest absolute Gasteiger partial charge is 0.752 e. The molecule has 0 saturated carbocycles. The molecule has 0 aliphatic carbocycles. The lowest BCUT2D eigenvalue weighted by Crippen LogP contribution is -2.38. The predicted octanol–water partition coefficient (Wildman–Crippen LogP) is 2.44. The van der Waals surface area contributed by atoms with Crippen molar-refractivity contribution in [1.82, 2.24) is 4.57 Å². The van der Waals surface area contributed by atoms with Crippen LogP contribution in [0.15, 0.2) is 47.7 Å². The highest BCUT2D eigenvalue weighted by Gasteiger charge is 2.13. The van der Waals surface area contributed by atoms with Crippen molar-refractivity contribution in [3.63, 3.8) is 0 Å². The van der Waals surface area contributed by atoms with Gasteiger partial charge < -0.3 is 12.6 Å². The number of para-hydroxylation sites is 1. The van der Waals surface area contributed by atoms with Crippen molar-refractivity contribution in [2.24, 2.45) is 4.99 Å². The van der Waals surface area contributed by atoms with E-state index >= 15 is 0 Å². The zero-order valence-corrected chi connectivity index (χ0v) is 11.5. The van der Waals surface area contributed by atoms with Crippen LogP contribution in [0.25, 0.3) is 0 Å². The van der Waals surface area contributed by atoms with Crippen LogP contribution in [0.5, 0.6) is 0 Å². The van der Waals surface area contributed by atoms with Gasteiger partial charge in [0.05, 0.1) is 18.8 Å². The van der Waals surface area contributed by atoms with Gasteiger partial charge in [-0.3, -0.25) is 4.99 Å². The Morgan fingerprint density at radius 1 is 1.28 bits per heavy atom. The van der Waals surface area contributed by atoms with Crippen LogP contribution in [0.3, 0.4) is 0 Å². The van der Waals surface area contributed by atoms with Crippen molar-refractivity contribution in [1.29, 1.82) is 0 Å². The molecule has 0 bridgehead atoms. The molecule has 1 aromatic heterocycles. The minimum absolute atomic E-state index is 0.634. The Morgan fingerprint density at radius 3 is 2.61 bits per heavy atom. The van der Waals surface area contributed by atoms with Crippen LogP contribution >= 0.6 is 0 Å². The molecule has 1 heterocycles. The number of imidazole rings is 1. The average Bonchev–Trinajstić information content (AvgIpc) is 2.82. The van der Waals surface area contributed by atoms with Gasteiger partial charge in [0, 0.05) is 5.04 Å². The number of aliphatic imine (C=N–C) groups is 1. The first-order valence-electron chi connectivity index (χ1n) is 6.16. The molecule has 0 aliphatic heterocycles. The normalized spacial score (nSPS) is 11.8. The third-order valence-electron chi connectivity index (χ3n) is 2.83. The molecule has 3 nitrogen and oxygen atoms in total. The SMILES string of the molecule is CCn1cc[n+](CC)c1C([S-])=Nc1ccccc1. The summed E-state index contributed by atoms with van der Waals surface area (Å²) in [4.78, 5) is 4.51. The first kappa shape index (κ1) is 12.8. The second-order valence-corrected chi connectivity index (χ2v) is 4.33. The van der Waals surface area contributed by atoms with Crippen LogP contribution in [0, 0.1) is 0 Å². The van der Waals surface area contributed by atoms with Gasteiger partial charge in [-0.05, 0) is 26.0 Å². The second kappa shape index (κ2) is 5.78. The van der Waals surface area contributed by atoms with E-state index in [1.165, 1.54) is 0 Å². The topological polar surface area (TPSA) is 21.2 Å². The highest BCUT2D eigenvalue weighted by atomic mass is 32.1. The molecule has 2 rings (SSSR count). The molecule has 0 fully saturated rings. The van der Waals surface area contributed by atoms with Crippen molar-refractivity contribution in [3.8, 4) is 0 Å². The number of benzene rings is 1. The Bertz CT molecular complexity index is 522. The molecule has 0 N–H and O–H groups in total. The number of aryl methyl sites for hydroxylation is 2. The summed E-state index contributed by atoms with van der Waals surface area (Å²) >= 11 is 5.46. The van der Waals surface area contributed by atoms with Gasteiger partial charge in [0.25, 0.3) is 5.82 Å². The minimum Gasteiger partial charge on any atom is -0.752 e. The molecule has 94 valence electrons. The lowest BCUT2D eigenvalue weighted by Gasteiger charge is -2.10. The molecule has 0 atom stereocenters. The van der Waals surface area contributed by atoms with Gasteiger partial charge >= 0.3 is 0 Å². The van der Waals surface area contributed by atoms with Gasteiger partial charge in [0.1, 0.15) is 12.4 Å². The Hall–Kier alpha value is -1.68. The number of nitrogens with zero attached hydrogens (tertiary/aromatic N) is 3. The lowest BCUT2D eigenvalue weighted by molar-refractivity contribution is -0.694. The van der Waals surface area contributed by atoms with Crippen LogP contribution in [0.2, 0.25) is 0 Å². The predicted molar refractivity (Wildman–Crippen MR) is 76.0 cm³/mol. The zero-order valence-electron chi connectivity index (χ0n) is 10.7. The fraction of sp³-hybridized carbons (Fsp3) is 0.286. The third kappa shape index (κ3) is 2.59. The number of aromatic nitrogens is 2. The zero-order chi connectivity index (χ0) is 13.0. The summed E-state index contributed by atoms with van der Waals surface area (Å²) in [5.41, 5.74) is 0.897. The maximum Gasteiger partial charge on any atom is 0.280 e. The Morgan fingerprint density at radius 2 is 2.00 bits per heavy atom. The molecule has 0 unspecified atom stereocenters. The maximum absolute atomic E-state index is 5.46. The van der Waals surface area contributed by atoms with E-state index in [1.54, 1.807) is 0 Å². The standard InChI is InChI=1S/C14H17N3S/c1-3-16-10-11-17(4-2)14(16)13(18)15-12-8-6-5-7-9-12/h5-11H,3-4H2,1-2H3. The minimum atomic E-state index is 0.634.